The van der Waals surface area contributed by atoms with Gasteiger partial charge in [-0.3, -0.25) is 9.59 Å². The minimum Gasteiger partial charge on any atom is -0.494 e. The van der Waals surface area contributed by atoms with Crippen LogP contribution in [0.1, 0.15) is 31.7 Å². The standard InChI is InChI=1S/C21H25N3O3/c1-2-27-19-12-10-18(11-13-19)23-20(25)14-15-21(26)24-22-16-6-9-17-7-4-3-5-8-17/h3-5,7-8,10-13,16H,2,6,9,14-15H2,1H3,(H,23,25)(H,24,26). The highest BCUT2D eigenvalue weighted by molar-refractivity contribution is 5.93. The summed E-state index contributed by atoms with van der Waals surface area (Å²) in [6, 6.07) is 17.2. The van der Waals surface area contributed by atoms with Crippen LogP contribution in [0.2, 0.25) is 0 Å². The molecule has 2 aromatic rings. The number of nitrogens with one attached hydrogen (secondary N) is 2. The molecule has 142 valence electrons. The van der Waals surface area contributed by atoms with E-state index in [1.54, 1.807) is 30.5 Å². The second-order valence-corrected chi connectivity index (χ2v) is 5.88. The quantitative estimate of drug-likeness (QED) is 0.498. The van der Waals surface area contributed by atoms with E-state index in [1.807, 2.05) is 25.1 Å². The molecule has 0 aliphatic heterocycles. The molecular weight excluding hydrogens is 342 g/mol. The largest absolute Gasteiger partial charge is 0.494 e. The first-order chi connectivity index (χ1) is 13.2. The smallest absolute Gasteiger partial charge is 0.240 e. The molecule has 0 aliphatic rings. The number of rotatable bonds is 10. The Morgan fingerprint density at radius 2 is 1.70 bits per heavy atom. The molecule has 0 spiro atoms. The van der Waals surface area contributed by atoms with E-state index in [0.29, 0.717) is 12.3 Å². The van der Waals surface area contributed by atoms with Crippen LogP contribution in [-0.4, -0.2) is 24.6 Å². The van der Waals surface area contributed by atoms with Crippen molar-refractivity contribution in [1.82, 2.24) is 5.43 Å². The van der Waals surface area contributed by atoms with Gasteiger partial charge in [-0.05, 0) is 49.6 Å². The van der Waals surface area contributed by atoms with E-state index >= 15 is 0 Å². The predicted octanol–water partition coefficient (Wildman–Crippen LogP) is 3.54. The lowest BCUT2D eigenvalue weighted by Crippen LogP contribution is -2.20. The molecule has 0 atom stereocenters. The SMILES string of the molecule is CCOc1ccc(NC(=O)CCC(=O)NN=CCCc2ccccc2)cc1. The maximum absolute atomic E-state index is 11.9. The maximum Gasteiger partial charge on any atom is 0.240 e. The summed E-state index contributed by atoms with van der Waals surface area (Å²) in [7, 11) is 0. The zero-order valence-electron chi connectivity index (χ0n) is 15.5. The van der Waals surface area contributed by atoms with Gasteiger partial charge in [0.15, 0.2) is 0 Å². The van der Waals surface area contributed by atoms with Crippen LogP contribution in [0.3, 0.4) is 0 Å². The molecule has 0 radical (unpaired) electrons. The number of carbonyl (C=O) groups excluding carboxylic acids is 2. The third kappa shape index (κ3) is 8.18. The number of hydrogen-bond donors (Lipinski definition) is 2. The van der Waals surface area contributed by atoms with E-state index in [-0.39, 0.29) is 24.7 Å². The third-order valence-corrected chi connectivity index (χ3v) is 3.71. The van der Waals surface area contributed by atoms with Crippen LogP contribution in [0.15, 0.2) is 59.7 Å². The monoisotopic (exact) mass is 367 g/mol. The Morgan fingerprint density at radius 3 is 2.41 bits per heavy atom. The van der Waals surface area contributed by atoms with E-state index in [0.717, 1.165) is 18.6 Å². The van der Waals surface area contributed by atoms with Crippen molar-refractivity contribution in [3.63, 3.8) is 0 Å². The summed E-state index contributed by atoms with van der Waals surface area (Å²) < 4.78 is 5.35. The summed E-state index contributed by atoms with van der Waals surface area (Å²) in [5, 5.41) is 6.65. The number of hydrazone groups is 1. The van der Waals surface area contributed by atoms with Crippen LogP contribution >= 0.6 is 0 Å². The van der Waals surface area contributed by atoms with Crippen molar-refractivity contribution in [2.24, 2.45) is 5.10 Å². The molecule has 2 aromatic carbocycles. The van der Waals surface area contributed by atoms with Crippen LogP contribution in [0.25, 0.3) is 0 Å². The molecule has 0 aliphatic carbocycles. The van der Waals surface area contributed by atoms with Crippen molar-refractivity contribution in [2.75, 3.05) is 11.9 Å². The van der Waals surface area contributed by atoms with Gasteiger partial charge in [-0.2, -0.15) is 5.10 Å². The molecule has 6 heteroatoms. The van der Waals surface area contributed by atoms with Crippen LogP contribution < -0.4 is 15.5 Å². The lowest BCUT2D eigenvalue weighted by molar-refractivity contribution is -0.124. The fourth-order valence-electron chi connectivity index (χ4n) is 2.37. The molecule has 0 heterocycles. The number of nitrogens with zero attached hydrogens (tertiary/aromatic N) is 1. The first-order valence-corrected chi connectivity index (χ1v) is 9.04. The van der Waals surface area contributed by atoms with Crippen molar-refractivity contribution in [1.29, 1.82) is 0 Å². The third-order valence-electron chi connectivity index (χ3n) is 3.71. The molecule has 0 aromatic heterocycles. The highest BCUT2D eigenvalue weighted by Gasteiger charge is 2.07. The van der Waals surface area contributed by atoms with Gasteiger partial charge in [0.25, 0.3) is 0 Å². The number of ether oxygens (including phenoxy) is 1. The molecule has 0 unspecified atom stereocenters. The van der Waals surface area contributed by atoms with Gasteiger partial charge in [-0.25, -0.2) is 5.43 Å². The molecule has 0 fully saturated rings. The van der Waals surface area contributed by atoms with E-state index in [9.17, 15) is 9.59 Å². The van der Waals surface area contributed by atoms with Crippen molar-refractivity contribution in [3.05, 3.63) is 60.2 Å². The van der Waals surface area contributed by atoms with Gasteiger partial charge in [0, 0.05) is 24.7 Å². The number of carbonyl (C=O) groups is 2. The minimum atomic E-state index is -0.284. The van der Waals surface area contributed by atoms with Gasteiger partial charge in [0.05, 0.1) is 6.61 Å². The average Bonchev–Trinajstić information content (AvgIpc) is 2.69. The van der Waals surface area contributed by atoms with E-state index < -0.39 is 0 Å². The van der Waals surface area contributed by atoms with Crippen molar-refractivity contribution < 1.29 is 14.3 Å². The molecule has 2 amide bonds. The number of benzene rings is 2. The second kappa shape index (κ2) is 11.5. The summed E-state index contributed by atoms with van der Waals surface area (Å²) >= 11 is 0. The molecule has 0 saturated heterocycles. The Kier molecular flexibility index (Phi) is 8.56. The minimum absolute atomic E-state index is 0.0822. The van der Waals surface area contributed by atoms with Crippen molar-refractivity contribution >= 4 is 23.7 Å². The van der Waals surface area contributed by atoms with E-state index in [1.165, 1.54) is 5.56 Å². The van der Waals surface area contributed by atoms with Gasteiger partial charge in [-0.15, -0.1) is 0 Å². The van der Waals surface area contributed by atoms with E-state index in [2.05, 4.69) is 28.0 Å². The first kappa shape index (κ1) is 20.2. The molecule has 2 N–H and O–H groups in total. The van der Waals surface area contributed by atoms with Gasteiger partial charge < -0.3 is 10.1 Å². The molecule has 2 rings (SSSR count). The van der Waals surface area contributed by atoms with Crippen LogP contribution in [0, 0.1) is 0 Å². The van der Waals surface area contributed by atoms with Gasteiger partial charge in [0.1, 0.15) is 5.75 Å². The zero-order chi connectivity index (χ0) is 19.3. The molecule has 27 heavy (non-hydrogen) atoms. The molecule has 6 nitrogen and oxygen atoms in total. The zero-order valence-corrected chi connectivity index (χ0v) is 15.5. The summed E-state index contributed by atoms with van der Waals surface area (Å²) in [6.45, 7) is 2.50. The number of amides is 2. The van der Waals surface area contributed by atoms with Crippen molar-refractivity contribution in [2.45, 2.75) is 32.6 Å². The Balaban J connectivity index is 1.61. The highest BCUT2D eigenvalue weighted by atomic mass is 16.5. The molecule has 0 saturated carbocycles. The Morgan fingerprint density at radius 1 is 1.00 bits per heavy atom. The highest BCUT2D eigenvalue weighted by Crippen LogP contribution is 2.15. The maximum atomic E-state index is 11.9. The van der Waals surface area contributed by atoms with E-state index in [4.69, 9.17) is 4.74 Å². The molecular formula is C21H25N3O3. The van der Waals surface area contributed by atoms with Crippen LogP contribution in [0.4, 0.5) is 5.69 Å². The Labute approximate surface area is 159 Å². The number of anilines is 1. The lowest BCUT2D eigenvalue weighted by Gasteiger charge is -2.07. The van der Waals surface area contributed by atoms with Gasteiger partial charge >= 0.3 is 0 Å². The predicted molar refractivity (Wildman–Crippen MR) is 107 cm³/mol. The van der Waals surface area contributed by atoms with Crippen LogP contribution in [-0.2, 0) is 16.0 Å². The summed E-state index contributed by atoms with van der Waals surface area (Å²) in [5.74, 6) is 0.246. The first-order valence-electron chi connectivity index (χ1n) is 9.04. The molecule has 0 bridgehead atoms. The normalized spacial score (nSPS) is 10.6. The number of hydrogen-bond acceptors (Lipinski definition) is 4. The summed E-state index contributed by atoms with van der Waals surface area (Å²) in [6.07, 6.45) is 3.45. The van der Waals surface area contributed by atoms with Crippen LogP contribution in [0.5, 0.6) is 5.75 Å². The second-order valence-electron chi connectivity index (χ2n) is 5.88. The topological polar surface area (TPSA) is 79.8 Å². The lowest BCUT2D eigenvalue weighted by atomic mass is 10.1. The van der Waals surface area contributed by atoms with Crippen molar-refractivity contribution in [3.8, 4) is 5.75 Å². The fourth-order valence-corrected chi connectivity index (χ4v) is 2.37. The average molecular weight is 367 g/mol. The fraction of sp³-hybridized carbons (Fsp3) is 0.286. The summed E-state index contributed by atoms with van der Waals surface area (Å²) in [4.78, 5) is 23.6. The Hall–Kier alpha value is -3.15. The van der Waals surface area contributed by atoms with Gasteiger partial charge in [-0.1, -0.05) is 30.3 Å². The number of aryl methyl sites for hydroxylation is 1. The summed E-state index contributed by atoms with van der Waals surface area (Å²) in [5.41, 5.74) is 4.34. The van der Waals surface area contributed by atoms with Gasteiger partial charge in [0.2, 0.25) is 11.8 Å². The Bertz CT molecular complexity index is 743.